The van der Waals surface area contributed by atoms with Crippen molar-refractivity contribution in [1.82, 2.24) is 15.0 Å². The van der Waals surface area contributed by atoms with Crippen molar-refractivity contribution >= 4 is 17.5 Å². The molecule has 1 atom stereocenters. The van der Waals surface area contributed by atoms with Crippen LogP contribution in [0.1, 0.15) is 23.7 Å². The highest BCUT2D eigenvalue weighted by Crippen LogP contribution is 2.29. The van der Waals surface area contributed by atoms with Crippen LogP contribution in [0, 0.1) is 0 Å². The van der Waals surface area contributed by atoms with Gasteiger partial charge in [-0.25, -0.2) is 0 Å². The van der Waals surface area contributed by atoms with Crippen molar-refractivity contribution in [2.24, 2.45) is 0 Å². The predicted molar refractivity (Wildman–Crippen MR) is 86.2 cm³/mol. The van der Waals surface area contributed by atoms with E-state index in [0.717, 1.165) is 5.56 Å². The molecule has 0 saturated carbocycles. The summed E-state index contributed by atoms with van der Waals surface area (Å²) in [5.41, 5.74) is 1.04. The lowest BCUT2D eigenvalue weighted by Crippen LogP contribution is -2.24. The van der Waals surface area contributed by atoms with E-state index in [2.05, 4.69) is 10.1 Å². The van der Waals surface area contributed by atoms with Gasteiger partial charge >= 0.3 is 0 Å². The molecule has 1 aliphatic rings. The normalized spacial score (nSPS) is 17.6. The molecule has 2 aromatic heterocycles. The van der Waals surface area contributed by atoms with Crippen molar-refractivity contribution in [1.29, 1.82) is 0 Å². The van der Waals surface area contributed by atoms with E-state index in [-0.39, 0.29) is 11.8 Å². The van der Waals surface area contributed by atoms with Gasteiger partial charge in [0.15, 0.2) is 11.6 Å². The maximum absolute atomic E-state index is 12.3. The number of furan rings is 1. The second-order valence-electron chi connectivity index (χ2n) is 5.74. The number of aromatic nitrogens is 2. The Morgan fingerprint density at radius 3 is 2.83 bits per heavy atom. The van der Waals surface area contributed by atoms with E-state index in [9.17, 15) is 4.79 Å². The molecule has 1 unspecified atom stereocenters. The van der Waals surface area contributed by atoms with Crippen LogP contribution in [0.15, 0.2) is 51.6 Å². The largest absolute Gasteiger partial charge is 0.459 e. The topological polar surface area (TPSA) is 72.4 Å². The second-order valence-corrected chi connectivity index (χ2v) is 6.17. The van der Waals surface area contributed by atoms with Crippen LogP contribution in [-0.4, -0.2) is 27.5 Å². The Balaban J connectivity index is 1.47. The fourth-order valence-electron chi connectivity index (χ4n) is 2.81. The molecule has 4 rings (SSSR count). The lowest BCUT2D eigenvalue weighted by atomic mass is 10.1. The highest BCUT2D eigenvalue weighted by molar-refractivity contribution is 6.30. The van der Waals surface area contributed by atoms with Gasteiger partial charge in [-0.05, 0) is 29.8 Å². The minimum absolute atomic E-state index is 0.0720. The molecule has 6 nitrogen and oxygen atoms in total. The molecule has 1 saturated heterocycles. The monoisotopic (exact) mass is 343 g/mol. The molecular formula is C17H14ClN3O3. The quantitative estimate of drug-likeness (QED) is 0.725. The Kier molecular flexibility index (Phi) is 3.82. The van der Waals surface area contributed by atoms with Crippen molar-refractivity contribution in [3.05, 3.63) is 59.1 Å². The van der Waals surface area contributed by atoms with Gasteiger partial charge in [0.05, 0.1) is 6.26 Å². The number of carbonyl (C=O) groups excluding carboxylic acids is 1. The van der Waals surface area contributed by atoms with Gasteiger partial charge in [-0.3, -0.25) is 4.79 Å². The summed E-state index contributed by atoms with van der Waals surface area (Å²) >= 11 is 5.89. The zero-order chi connectivity index (χ0) is 16.5. The lowest BCUT2D eigenvalue weighted by molar-refractivity contribution is -0.128. The van der Waals surface area contributed by atoms with Crippen LogP contribution in [0.25, 0.3) is 11.7 Å². The second kappa shape index (κ2) is 6.13. The number of hydrogen-bond acceptors (Lipinski definition) is 5. The molecule has 1 fully saturated rings. The Bertz CT molecular complexity index is 842. The molecule has 0 radical (unpaired) electrons. The molecule has 0 N–H and O–H groups in total. The van der Waals surface area contributed by atoms with Gasteiger partial charge in [0.2, 0.25) is 5.91 Å². The van der Waals surface area contributed by atoms with E-state index in [1.165, 1.54) is 0 Å². The van der Waals surface area contributed by atoms with Crippen LogP contribution < -0.4 is 0 Å². The lowest BCUT2D eigenvalue weighted by Gasteiger charge is -2.16. The number of benzene rings is 1. The fraction of sp³-hybridized carbons (Fsp3) is 0.235. The van der Waals surface area contributed by atoms with Crippen molar-refractivity contribution in [3.63, 3.8) is 0 Å². The molecule has 3 aromatic rings. The first-order valence-corrected chi connectivity index (χ1v) is 7.96. The minimum Gasteiger partial charge on any atom is -0.459 e. The molecule has 1 aliphatic heterocycles. The first-order chi connectivity index (χ1) is 11.7. The van der Waals surface area contributed by atoms with Crippen LogP contribution in [-0.2, 0) is 11.3 Å². The molecule has 122 valence electrons. The third-order valence-corrected chi connectivity index (χ3v) is 4.29. The zero-order valence-corrected chi connectivity index (χ0v) is 13.4. The van der Waals surface area contributed by atoms with Crippen LogP contribution in [0.5, 0.6) is 0 Å². The summed E-state index contributed by atoms with van der Waals surface area (Å²) in [6, 6.07) is 11.0. The number of amides is 1. The number of halogens is 1. The Labute approximate surface area is 143 Å². The van der Waals surface area contributed by atoms with Crippen LogP contribution in [0.4, 0.5) is 0 Å². The molecule has 0 aliphatic carbocycles. The maximum atomic E-state index is 12.3. The van der Waals surface area contributed by atoms with Crippen molar-refractivity contribution < 1.29 is 13.7 Å². The van der Waals surface area contributed by atoms with E-state index in [0.29, 0.717) is 42.0 Å². The average molecular weight is 344 g/mol. The molecule has 1 aromatic carbocycles. The van der Waals surface area contributed by atoms with Gasteiger partial charge in [-0.15, -0.1) is 0 Å². The molecule has 24 heavy (non-hydrogen) atoms. The van der Waals surface area contributed by atoms with Crippen molar-refractivity contribution in [3.8, 4) is 11.7 Å². The average Bonchev–Trinajstić information content (AvgIpc) is 3.30. The van der Waals surface area contributed by atoms with Crippen molar-refractivity contribution in [2.75, 3.05) is 6.54 Å². The summed E-state index contributed by atoms with van der Waals surface area (Å²) in [7, 11) is 0. The smallest absolute Gasteiger partial charge is 0.293 e. The molecule has 0 bridgehead atoms. The summed E-state index contributed by atoms with van der Waals surface area (Å²) in [6.07, 6.45) is 1.93. The van der Waals surface area contributed by atoms with Gasteiger partial charge in [0, 0.05) is 30.5 Å². The Hall–Kier alpha value is -2.60. The molecule has 3 heterocycles. The highest BCUT2D eigenvalue weighted by Gasteiger charge is 2.33. The zero-order valence-electron chi connectivity index (χ0n) is 12.7. The first kappa shape index (κ1) is 15.0. The summed E-state index contributed by atoms with van der Waals surface area (Å²) in [4.78, 5) is 18.4. The number of carbonyl (C=O) groups is 1. The van der Waals surface area contributed by atoms with Gasteiger partial charge < -0.3 is 13.8 Å². The molecule has 0 spiro atoms. The maximum Gasteiger partial charge on any atom is 0.293 e. The van der Waals surface area contributed by atoms with Crippen LogP contribution in [0.2, 0.25) is 5.02 Å². The first-order valence-electron chi connectivity index (χ1n) is 7.59. The standard InChI is InChI=1S/C17H14ClN3O3/c18-13-5-3-11(4-6-13)9-21-10-12(8-15(21)22)16-19-17(24-20-16)14-2-1-7-23-14/h1-7,12H,8-10H2. The minimum atomic E-state index is -0.0720. The third-order valence-electron chi connectivity index (χ3n) is 4.04. The number of nitrogens with zero attached hydrogens (tertiary/aromatic N) is 3. The summed E-state index contributed by atoms with van der Waals surface area (Å²) < 4.78 is 10.5. The highest BCUT2D eigenvalue weighted by atomic mass is 35.5. The van der Waals surface area contributed by atoms with E-state index >= 15 is 0 Å². The van der Waals surface area contributed by atoms with Crippen LogP contribution >= 0.6 is 11.6 Å². The summed E-state index contributed by atoms with van der Waals surface area (Å²) in [5, 5.41) is 4.68. The Morgan fingerprint density at radius 1 is 1.25 bits per heavy atom. The SMILES string of the molecule is O=C1CC(c2noc(-c3ccco3)n2)CN1Cc1ccc(Cl)cc1. The molecule has 1 amide bonds. The van der Waals surface area contributed by atoms with Gasteiger partial charge in [0.1, 0.15) is 0 Å². The van der Waals surface area contributed by atoms with Gasteiger partial charge in [-0.1, -0.05) is 28.9 Å². The van der Waals surface area contributed by atoms with Gasteiger partial charge in [-0.2, -0.15) is 4.98 Å². The molecular weight excluding hydrogens is 330 g/mol. The van der Waals surface area contributed by atoms with Crippen LogP contribution in [0.3, 0.4) is 0 Å². The number of hydrogen-bond donors (Lipinski definition) is 0. The third kappa shape index (κ3) is 2.92. The van der Waals surface area contributed by atoms with Gasteiger partial charge in [0.25, 0.3) is 5.89 Å². The summed E-state index contributed by atoms with van der Waals surface area (Å²) in [5.74, 6) is 1.40. The van der Waals surface area contributed by atoms with E-state index < -0.39 is 0 Å². The van der Waals surface area contributed by atoms with E-state index in [1.807, 2.05) is 24.3 Å². The Morgan fingerprint density at radius 2 is 2.08 bits per heavy atom. The van der Waals surface area contributed by atoms with E-state index in [4.69, 9.17) is 20.5 Å². The predicted octanol–water partition coefficient (Wildman–Crippen LogP) is 3.50. The van der Waals surface area contributed by atoms with E-state index in [1.54, 1.807) is 23.3 Å². The number of likely N-dealkylation sites (tertiary alicyclic amines) is 1. The molecule has 7 heteroatoms. The number of rotatable bonds is 4. The van der Waals surface area contributed by atoms with Crippen molar-refractivity contribution in [2.45, 2.75) is 18.9 Å². The fourth-order valence-corrected chi connectivity index (χ4v) is 2.94. The summed E-state index contributed by atoms with van der Waals surface area (Å²) in [6.45, 7) is 1.12.